The summed E-state index contributed by atoms with van der Waals surface area (Å²) in [5.74, 6) is 0.893. The third kappa shape index (κ3) is 3.44. The van der Waals surface area contributed by atoms with E-state index in [4.69, 9.17) is 15.5 Å². The van der Waals surface area contributed by atoms with E-state index in [1.807, 2.05) is 36.6 Å². The number of alkyl halides is 2. The number of carbonyl (C=O) groups excluding carboxylic acids is 1. The highest BCUT2D eigenvalue weighted by Crippen LogP contribution is 2.47. The van der Waals surface area contributed by atoms with Gasteiger partial charge in [0.25, 0.3) is 5.91 Å². The zero-order valence-corrected chi connectivity index (χ0v) is 19.0. The summed E-state index contributed by atoms with van der Waals surface area (Å²) in [5, 5.41) is 2.99. The number of amides is 1. The number of fused-ring (bicyclic) bond motifs is 9. The molecule has 6 rings (SSSR count). The van der Waals surface area contributed by atoms with Gasteiger partial charge in [0.1, 0.15) is 17.4 Å². The number of halogens is 2. The molecule has 2 bridgehead atoms. The van der Waals surface area contributed by atoms with Crippen molar-refractivity contribution < 1.29 is 18.3 Å². The molecular weight excluding hydrogens is 454 g/mol. The minimum atomic E-state index is -3.00. The smallest absolute Gasteiger partial charge is 0.387 e. The largest absolute Gasteiger partial charge is 0.434 e. The first-order chi connectivity index (χ1) is 16.7. The Morgan fingerprint density at radius 1 is 1.17 bits per heavy atom. The Balaban J connectivity index is 1.50. The monoisotopic (exact) mass is 476 g/mol. The van der Waals surface area contributed by atoms with Gasteiger partial charge >= 0.3 is 6.61 Å². The van der Waals surface area contributed by atoms with Gasteiger partial charge in [-0.05, 0) is 50.1 Å². The fourth-order valence-corrected chi connectivity index (χ4v) is 5.00. The van der Waals surface area contributed by atoms with E-state index in [2.05, 4.69) is 15.3 Å². The molecule has 10 heteroatoms. The van der Waals surface area contributed by atoms with Crippen LogP contribution in [0, 0.1) is 0 Å². The van der Waals surface area contributed by atoms with Gasteiger partial charge in [-0.25, -0.2) is 15.0 Å². The van der Waals surface area contributed by atoms with Gasteiger partial charge in [-0.2, -0.15) is 8.78 Å². The van der Waals surface area contributed by atoms with E-state index in [0.29, 0.717) is 29.2 Å². The molecule has 0 unspecified atom stereocenters. The van der Waals surface area contributed by atoms with Crippen molar-refractivity contribution in [3.63, 3.8) is 0 Å². The number of aromatic nitrogens is 4. The molecule has 0 radical (unpaired) electrons. The lowest BCUT2D eigenvalue weighted by atomic mass is 9.97. The highest BCUT2D eigenvalue weighted by molar-refractivity contribution is 5.98. The van der Waals surface area contributed by atoms with Crippen LogP contribution in [-0.4, -0.2) is 32.0 Å². The minimum Gasteiger partial charge on any atom is -0.434 e. The second-order valence-electron chi connectivity index (χ2n) is 9.43. The van der Waals surface area contributed by atoms with Crippen LogP contribution in [0.5, 0.6) is 5.75 Å². The number of hydrogen-bond acceptors (Lipinski definition) is 6. The summed E-state index contributed by atoms with van der Waals surface area (Å²) in [7, 11) is 0. The van der Waals surface area contributed by atoms with Gasteiger partial charge in [0, 0.05) is 29.1 Å². The van der Waals surface area contributed by atoms with E-state index >= 15 is 0 Å². The number of imidazole rings is 1. The summed E-state index contributed by atoms with van der Waals surface area (Å²) in [4.78, 5) is 26.5. The molecule has 2 aliphatic heterocycles. The van der Waals surface area contributed by atoms with Gasteiger partial charge in [0.2, 0.25) is 0 Å². The molecule has 2 atom stereocenters. The summed E-state index contributed by atoms with van der Waals surface area (Å²) >= 11 is 0. The van der Waals surface area contributed by atoms with Gasteiger partial charge in [-0.1, -0.05) is 12.1 Å². The lowest BCUT2D eigenvalue weighted by Gasteiger charge is -2.21. The number of nitrogens with two attached hydrogens (primary N) is 1. The maximum Gasteiger partial charge on any atom is 0.387 e. The molecule has 0 saturated heterocycles. The SMILES string of the molecule is CC(C)(N)c1ncc(-c2ccc3nc4n(c3c2)[C@H]2C[C@@H]4NC(=O)c3cccc(OC(F)F)c32)cn1. The molecule has 3 N–H and O–H groups in total. The van der Waals surface area contributed by atoms with Crippen LogP contribution in [0.2, 0.25) is 0 Å². The van der Waals surface area contributed by atoms with Crippen LogP contribution in [0.15, 0.2) is 48.8 Å². The number of hydrogen-bond donors (Lipinski definition) is 2. The van der Waals surface area contributed by atoms with Gasteiger partial charge < -0.3 is 20.4 Å². The summed E-state index contributed by atoms with van der Waals surface area (Å²) in [6.45, 7) is 0.678. The van der Waals surface area contributed by atoms with Crippen LogP contribution < -0.4 is 15.8 Å². The molecule has 4 heterocycles. The van der Waals surface area contributed by atoms with Crippen molar-refractivity contribution in [3.8, 4) is 16.9 Å². The third-order valence-electron chi connectivity index (χ3n) is 6.53. The van der Waals surface area contributed by atoms with Crippen LogP contribution in [0.1, 0.15) is 59.9 Å². The Labute approximate surface area is 199 Å². The Morgan fingerprint density at radius 3 is 2.66 bits per heavy atom. The van der Waals surface area contributed by atoms with Gasteiger partial charge in [0.15, 0.2) is 0 Å². The first kappa shape index (κ1) is 21.6. The average molecular weight is 476 g/mol. The van der Waals surface area contributed by atoms with Crippen molar-refractivity contribution in [1.82, 2.24) is 24.8 Å². The van der Waals surface area contributed by atoms with Gasteiger partial charge in [-0.15, -0.1) is 0 Å². The molecule has 0 aliphatic carbocycles. The number of rotatable bonds is 4. The van der Waals surface area contributed by atoms with Crippen molar-refractivity contribution >= 4 is 16.9 Å². The van der Waals surface area contributed by atoms with Crippen LogP contribution in [0.4, 0.5) is 8.78 Å². The second kappa shape index (κ2) is 7.54. The fourth-order valence-electron chi connectivity index (χ4n) is 5.00. The summed E-state index contributed by atoms with van der Waals surface area (Å²) in [6, 6.07) is 9.72. The molecule has 8 nitrogen and oxygen atoms in total. The summed E-state index contributed by atoms with van der Waals surface area (Å²) in [6.07, 6.45) is 3.95. The predicted molar refractivity (Wildman–Crippen MR) is 124 cm³/mol. The number of ether oxygens (including phenoxy) is 1. The number of nitrogens with zero attached hydrogens (tertiary/aromatic N) is 4. The first-order valence-electron chi connectivity index (χ1n) is 11.2. The molecule has 1 amide bonds. The molecule has 2 aliphatic rings. The maximum absolute atomic E-state index is 13.2. The van der Waals surface area contributed by atoms with Crippen LogP contribution >= 0.6 is 0 Å². The van der Waals surface area contributed by atoms with Crippen molar-refractivity contribution in [3.05, 3.63) is 71.6 Å². The molecule has 2 aromatic carbocycles. The highest BCUT2D eigenvalue weighted by atomic mass is 19.3. The van der Waals surface area contributed by atoms with Crippen molar-refractivity contribution in [1.29, 1.82) is 0 Å². The van der Waals surface area contributed by atoms with Crippen LogP contribution in [-0.2, 0) is 5.54 Å². The standard InChI is InChI=1S/C25H22F2N6O2/c1-25(2,28)23-29-10-13(11-30-23)12-6-7-15-17(8-12)33-18-9-16(21(33)31-15)32-22(34)14-4-3-5-19(20(14)18)35-24(26)27/h3-8,10-11,16,18,24H,9,28H2,1-2H3,(H,32,34)/t16-,18-/m0/s1. The molecule has 178 valence electrons. The van der Waals surface area contributed by atoms with Crippen molar-refractivity contribution in [2.45, 2.75) is 44.5 Å². The molecule has 0 saturated carbocycles. The van der Waals surface area contributed by atoms with E-state index in [-0.39, 0.29) is 17.7 Å². The van der Waals surface area contributed by atoms with Crippen molar-refractivity contribution in [2.24, 2.45) is 5.73 Å². The molecule has 0 fully saturated rings. The van der Waals surface area contributed by atoms with Crippen LogP contribution in [0.3, 0.4) is 0 Å². The zero-order valence-electron chi connectivity index (χ0n) is 19.0. The van der Waals surface area contributed by atoms with E-state index in [1.54, 1.807) is 24.5 Å². The predicted octanol–water partition coefficient (Wildman–Crippen LogP) is 4.07. The minimum absolute atomic E-state index is 0.00228. The molecule has 35 heavy (non-hydrogen) atoms. The molecule has 4 aromatic rings. The first-order valence-corrected chi connectivity index (χ1v) is 11.2. The topological polar surface area (TPSA) is 108 Å². The average Bonchev–Trinajstić information content (AvgIpc) is 3.30. The maximum atomic E-state index is 13.2. The lowest BCUT2D eigenvalue weighted by Crippen LogP contribution is -2.31. The molecule has 2 aromatic heterocycles. The highest BCUT2D eigenvalue weighted by Gasteiger charge is 2.42. The van der Waals surface area contributed by atoms with Crippen LogP contribution in [0.25, 0.3) is 22.2 Å². The zero-order chi connectivity index (χ0) is 24.5. The lowest BCUT2D eigenvalue weighted by molar-refractivity contribution is -0.0507. The third-order valence-corrected chi connectivity index (χ3v) is 6.53. The number of benzene rings is 2. The van der Waals surface area contributed by atoms with E-state index < -0.39 is 18.2 Å². The normalized spacial score (nSPS) is 18.9. The molecule has 0 spiro atoms. The number of nitrogens with one attached hydrogen (secondary N) is 1. The summed E-state index contributed by atoms with van der Waals surface area (Å²) < 4.78 is 33.2. The Kier molecular flexibility index (Phi) is 4.65. The van der Waals surface area contributed by atoms with E-state index in [0.717, 1.165) is 22.2 Å². The Bertz CT molecular complexity index is 1480. The Morgan fingerprint density at radius 2 is 1.94 bits per heavy atom. The van der Waals surface area contributed by atoms with E-state index in [9.17, 15) is 13.6 Å². The van der Waals surface area contributed by atoms with Gasteiger partial charge in [-0.3, -0.25) is 4.79 Å². The summed E-state index contributed by atoms with van der Waals surface area (Å²) in [5.41, 5.74) is 9.46. The number of carbonyl (C=O) groups is 1. The molecular formula is C25H22F2N6O2. The van der Waals surface area contributed by atoms with Crippen molar-refractivity contribution in [2.75, 3.05) is 0 Å². The second-order valence-corrected chi connectivity index (χ2v) is 9.43. The van der Waals surface area contributed by atoms with E-state index in [1.165, 1.54) is 6.07 Å². The van der Waals surface area contributed by atoms with Gasteiger partial charge in [0.05, 0.1) is 28.7 Å². The Hall–Kier alpha value is -3.92. The fraction of sp³-hybridized carbons (Fsp3) is 0.280. The quantitative estimate of drug-likeness (QED) is 0.460.